The molecule has 4 nitrogen and oxygen atoms in total. The van der Waals surface area contributed by atoms with Crippen LogP contribution >= 0.6 is 0 Å². The van der Waals surface area contributed by atoms with Crippen LogP contribution in [-0.2, 0) is 0 Å². The van der Waals surface area contributed by atoms with E-state index in [2.05, 4.69) is 38.4 Å². The van der Waals surface area contributed by atoms with Gasteiger partial charge in [-0.25, -0.2) is 9.97 Å². The van der Waals surface area contributed by atoms with Gasteiger partial charge in [0.2, 0.25) is 0 Å². The second-order valence-corrected chi connectivity index (χ2v) is 6.34. The molecule has 1 aromatic heterocycles. The third kappa shape index (κ3) is 3.12. The van der Waals surface area contributed by atoms with Crippen LogP contribution in [0.2, 0.25) is 0 Å². The van der Waals surface area contributed by atoms with Crippen molar-refractivity contribution < 1.29 is 0 Å². The van der Waals surface area contributed by atoms with Crippen molar-refractivity contribution in [1.82, 2.24) is 14.9 Å². The van der Waals surface area contributed by atoms with Crippen molar-refractivity contribution in [3.8, 4) is 11.3 Å². The maximum absolute atomic E-state index is 4.39. The Morgan fingerprint density at radius 2 is 1.73 bits per heavy atom. The van der Waals surface area contributed by atoms with Gasteiger partial charge < -0.3 is 10.2 Å². The van der Waals surface area contributed by atoms with Gasteiger partial charge in [-0.15, -0.1) is 0 Å². The molecule has 0 radical (unpaired) electrons. The van der Waals surface area contributed by atoms with Crippen LogP contribution in [0, 0.1) is 0 Å². The average Bonchev–Trinajstić information content (AvgIpc) is 3.42. The highest BCUT2D eigenvalue weighted by Crippen LogP contribution is 2.30. The predicted molar refractivity (Wildman–Crippen MR) is 88.7 cm³/mol. The lowest BCUT2D eigenvalue weighted by molar-refractivity contribution is 0.210. The molecule has 4 rings (SSSR count). The molecule has 1 aliphatic heterocycles. The second-order valence-electron chi connectivity index (χ2n) is 6.34. The highest BCUT2D eigenvalue weighted by Gasteiger charge is 2.31. The lowest BCUT2D eigenvalue weighted by atomic mass is 10.0. The largest absolute Gasteiger partial charge is 0.367 e. The number of rotatable bonds is 4. The molecule has 2 aliphatic rings. The fourth-order valence-corrected chi connectivity index (χ4v) is 3.26. The first-order valence-electron chi connectivity index (χ1n) is 8.26. The molecule has 1 aliphatic carbocycles. The van der Waals surface area contributed by atoms with Crippen molar-refractivity contribution >= 4 is 5.82 Å². The van der Waals surface area contributed by atoms with E-state index in [-0.39, 0.29) is 0 Å². The van der Waals surface area contributed by atoms with Gasteiger partial charge in [0.05, 0.1) is 5.69 Å². The van der Waals surface area contributed by atoms with Crippen LogP contribution in [0.1, 0.15) is 25.7 Å². The van der Waals surface area contributed by atoms with Gasteiger partial charge in [-0.3, -0.25) is 0 Å². The molecule has 2 fully saturated rings. The Labute approximate surface area is 131 Å². The van der Waals surface area contributed by atoms with Crippen LogP contribution in [0.15, 0.2) is 42.7 Å². The van der Waals surface area contributed by atoms with E-state index in [4.69, 9.17) is 0 Å². The van der Waals surface area contributed by atoms with E-state index in [0.717, 1.165) is 23.1 Å². The number of piperidine rings is 1. The van der Waals surface area contributed by atoms with E-state index in [1.807, 2.05) is 18.2 Å². The minimum Gasteiger partial charge on any atom is -0.367 e. The van der Waals surface area contributed by atoms with Crippen LogP contribution < -0.4 is 5.32 Å². The zero-order valence-corrected chi connectivity index (χ0v) is 12.8. The molecule has 1 saturated heterocycles. The van der Waals surface area contributed by atoms with E-state index in [0.29, 0.717) is 6.04 Å². The van der Waals surface area contributed by atoms with Gasteiger partial charge in [-0.2, -0.15) is 0 Å². The van der Waals surface area contributed by atoms with Crippen molar-refractivity contribution in [2.75, 3.05) is 18.4 Å². The van der Waals surface area contributed by atoms with Crippen LogP contribution in [0.5, 0.6) is 0 Å². The number of anilines is 1. The summed E-state index contributed by atoms with van der Waals surface area (Å²) in [4.78, 5) is 11.4. The average molecular weight is 294 g/mol. The van der Waals surface area contributed by atoms with Crippen molar-refractivity contribution in [2.45, 2.75) is 37.8 Å². The molecule has 0 amide bonds. The Morgan fingerprint density at radius 1 is 0.955 bits per heavy atom. The van der Waals surface area contributed by atoms with Gasteiger partial charge in [0.1, 0.15) is 12.1 Å². The Hall–Kier alpha value is -1.94. The summed E-state index contributed by atoms with van der Waals surface area (Å²) in [5.41, 5.74) is 2.12. The van der Waals surface area contributed by atoms with Gasteiger partial charge in [0.25, 0.3) is 0 Å². The highest BCUT2D eigenvalue weighted by atomic mass is 15.2. The quantitative estimate of drug-likeness (QED) is 0.940. The Morgan fingerprint density at radius 3 is 2.45 bits per heavy atom. The molecule has 2 heterocycles. The minimum absolute atomic E-state index is 0.536. The monoisotopic (exact) mass is 294 g/mol. The third-order valence-corrected chi connectivity index (χ3v) is 4.68. The molecule has 1 N–H and O–H groups in total. The molecule has 0 atom stereocenters. The summed E-state index contributed by atoms with van der Waals surface area (Å²) in [6, 6.07) is 13.8. The van der Waals surface area contributed by atoms with Crippen molar-refractivity contribution in [1.29, 1.82) is 0 Å². The number of nitrogens with zero attached hydrogens (tertiary/aromatic N) is 3. The van der Waals surface area contributed by atoms with E-state index < -0.39 is 0 Å². The van der Waals surface area contributed by atoms with E-state index in [1.54, 1.807) is 6.33 Å². The Kier molecular flexibility index (Phi) is 3.77. The molecule has 114 valence electrons. The lowest BCUT2D eigenvalue weighted by Gasteiger charge is -2.32. The Bertz CT molecular complexity index is 616. The van der Waals surface area contributed by atoms with Gasteiger partial charge in [-0.05, 0) is 25.7 Å². The van der Waals surface area contributed by atoms with Crippen LogP contribution in [0.4, 0.5) is 5.82 Å². The summed E-state index contributed by atoms with van der Waals surface area (Å²) < 4.78 is 0. The number of hydrogen-bond acceptors (Lipinski definition) is 4. The molecule has 22 heavy (non-hydrogen) atoms. The first-order chi connectivity index (χ1) is 10.9. The standard InChI is InChI=1S/C18H22N4/c1-2-4-14(5-3-1)17-12-18(20-13-19-17)21-15-8-10-22(11-9-15)16-6-7-16/h1-5,12-13,15-16H,6-11H2,(H,19,20,21). The van der Waals surface area contributed by atoms with Gasteiger partial charge in [0.15, 0.2) is 0 Å². The SMILES string of the molecule is c1ccc(-c2cc(NC3CCN(C4CC4)CC3)ncn2)cc1. The zero-order valence-electron chi connectivity index (χ0n) is 12.8. The molecule has 1 saturated carbocycles. The lowest BCUT2D eigenvalue weighted by Crippen LogP contribution is -2.40. The molecule has 1 aromatic carbocycles. The fraction of sp³-hybridized carbons (Fsp3) is 0.444. The minimum atomic E-state index is 0.536. The molecule has 0 bridgehead atoms. The third-order valence-electron chi connectivity index (χ3n) is 4.68. The molecular formula is C18H22N4. The first-order valence-corrected chi connectivity index (χ1v) is 8.26. The fourth-order valence-electron chi connectivity index (χ4n) is 3.26. The summed E-state index contributed by atoms with van der Waals surface area (Å²) >= 11 is 0. The van der Waals surface area contributed by atoms with Crippen molar-refractivity contribution in [3.63, 3.8) is 0 Å². The Balaban J connectivity index is 1.41. The number of hydrogen-bond donors (Lipinski definition) is 1. The molecule has 0 unspecified atom stereocenters. The summed E-state index contributed by atoms with van der Waals surface area (Å²) in [6.45, 7) is 2.44. The van der Waals surface area contributed by atoms with Crippen LogP contribution in [0.3, 0.4) is 0 Å². The highest BCUT2D eigenvalue weighted by molar-refractivity contribution is 5.61. The summed E-state index contributed by atoms with van der Waals surface area (Å²) in [7, 11) is 0. The van der Waals surface area contributed by atoms with E-state index in [9.17, 15) is 0 Å². The van der Waals surface area contributed by atoms with Crippen LogP contribution in [0.25, 0.3) is 11.3 Å². The topological polar surface area (TPSA) is 41.0 Å². The second kappa shape index (κ2) is 6.05. The molecular weight excluding hydrogens is 272 g/mol. The van der Waals surface area contributed by atoms with E-state index >= 15 is 0 Å². The maximum atomic E-state index is 4.39. The normalized spacial score (nSPS) is 20.0. The summed E-state index contributed by atoms with van der Waals surface area (Å²) in [5.74, 6) is 0.943. The van der Waals surface area contributed by atoms with Gasteiger partial charge in [0, 0.05) is 36.8 Å². The van der Waals surface area contributed by atoms with Crippen molar-refractivity contribution in [2.24, 2.45) is 0 Å². The van der Waals surface area contributed by atoms with Crippen LogP contribution in [-0.4, -0.2) is 40.0 Å². The van der Waals surface area contributed by atoms with Gasteiger partial charge in [-0.1, -0.05) is 30.3 Å². The number of aromatic nitrogens is 2. The number of likely N-dealkylation sites (tertiary alicyclic amines) is 1. The van der Waals surface area contributed by atoms with E-state index in [1.165, 1.54) is 38.8 Å². The molecule has 2 aromatic rings. The smallest absolute Gasteiger partial charge is 0.130 e. The molecule has 0 spiro atoms. The number of nitrogens with one attached hydrogen (secondary N) is 1. The van der Waals surface area contributed by atoms with Crippen molar-refractivity contribution in [3.05, 3.63) is 42.7 Å². The zero-order chi connectivity index (χ0) is 14.8. The number of benzene rings is 1. The molecule has 4 heteroatoms. The first kappa shape index (κ1) is 13.7. The summed E-state index contributed by atoms with van der Waals surface area (Å²) in [6.07, 6.45) is 6.89. The predicted octanol–water partition coefficient (Wildman–Crippen LogP) is 3.18. The maximum Gasteiger partial charge on any atom is 0.130 e. The summed E-state index contributed by atoms with van der Waals surface area (Å²) in [5, 5.41) is 3.59. The van der Waals surface area contributed by atoms with Gasteiger partial charge >= 0.3 is 0 Å².